The van der Waals surface area contributed by atoms with Gasteiger partial charge in [0.05, 0.1) is 6.04 Å². The second-order valence-electron chi connectivity index (χ2n) is 6.32. The van der Waals surface area contributed by atoms with Gasteiger partial charge in [-0.05, 0) is 54.4 Å². The van der Waals surface area contributed by atoms with Gasteiger partial charge in [0, 0.05) is 5.69 Å². The Kier molecular flexibility index (Phi) is 7.48. The maximum Gasteiger partial charge on any atom is 0.171 e. The summed E-state index contributed by atoms with van der Waals surface area (Å²) in [6.45, 7) is 8.58. The van der Waals surface area contributed by atoms with Gasteiger partial charge in [-0.1, -0.05) is 56.8 Å². The number of nitrogens with one attached hydrogen (secondary N) is 2. The first-order valence-corrected chi connectivity index (χ1v) is 8.95. The van der Waals surface area contributed by atoms with Gasteiger partial charge in [0.15, 0.2) is 5.11 Å². The van der Waals surface area contributed by atoms with E-state index in [-0.39, 0.29) is 6.04 Å². The quantitative estimate of drug-likeness (QED) is 0.496. The Morgan fingerprint density at radius 2 is 1.80 bits per heavy atom. The van der Waals surface area contributed by atoms with Crippen LogP contribution in [-0.2, 0) is 0 Å². The van der Waals surface area contributed by atoms with Crippen molar-refractivity contribution in [3.8, 4) is 5.75 Å². The maximum absolute atomic E-state index is 5.50. The van der Waals surface area contributed by atoms with E-state index >= 15 is 0 Å². The molecular formula is C21H26N2OS. The zero-order chi connectivity index (χ0) is 18.1. The van der Waals surface area contributed by atoms with E-state index in [9.17, 15) is 0 Å². The van der Waals surface area contributed by atoms with Crippen LogP contribution in [0.4, 0.5) is 5.69 Å². The molecule has 2 aromatic carbocycles. The molecule has 0 heterocycles. The van der Waals surface area contributed by atoms with Crippen LogP contribution >= 0.6 is 12.2 Å². The lowest BCUT2D eigenvalue weighted by Crippen LogP contribution is -2.33. The molecule has 0 spiro atoms. The molecule has 1 atom stereocenters. The first-order chi connectivity index (χ1) is 12.1. The van der Waals surface area contributed by atoms with Crippen molar-refractivity contribution in [3.63, 3.8) is 0 Å². The smallest absolute Gasteiger partial charge is 0.171 e. The van der Waals surface area contributed by atoms with E-state index < -0.39 is 0 Å². The van der Waals surface area contributed by atoms with E-state index in [1.54, 1.807) is 6.08 Å². The molecule has 0 saturated heterocycles. The second kappa shape index (κ2) is 9.84. The first kappa shape index (κ1) is 19.0. The summed E-state index contributed by atoms with van der Waals surface area (Å²) < 4.78 is 5.49. The summed E-state index contributed by atoms with van der Waals surface area (Å²) in [6, 6.07) is 18.3. The van der Waals surface area contributed by atoms with Crippen LogP contribution in [-0.4, -0.2) is 11.7 Å². The molecule has 0 fully saturated rings. The minimum Gasteiger partial charge on any atom is -0.490 e. The van der Waals surface area contributed by atoms with E-state index in [0.717, 1.165) is 17.9 Å². The van der Waals surface area contributed by atoms with Crippen molar-refractivity contribution in [3.05, 3.63) is 72.8 Å². The van der Waals surface area contributed by atoms with Crippen molar-refractivity contribution < 1.29 is 4.74 Å². The zero-order valence-electron chi connectivity index (χ0n) is 14.9. The number of thiocarbonyl (C=S) groups is 1. The highest BCUT2D eigenvalue weighted by Gasteiger charge is 2.14. The summed E-state index contributed by atoms with van der Waals surface area (Å²) in [5, 5.41) is 7.30. The lowest BCUT2D eigenvalue weighted by molar-refractivity contribution is 0.363. The molecule has 132 valence electrons. The van der Waals surface area contributed by atoms with Gasteiger partial charge in [-0.3, -0.25) is 0 Å². The molecule has 0 aliphatic rings. The topological polar surface area (TPSA) is 33.3 Å². The lowest BCUT2D eigenvalue weighted by atomic mass is 9.97. The third-order valence-corrected chi connectivity index (χ3v) is 3.91. The highest BCUT2D eigenvalue weighted by atomic mass is 32.1. The Labute approximate surface area is 156 Å². The van der Waals surface area contributed by atoms with Crippen LogP contribution in [0.3, 0.4) is 0 Å². The fourth-order valence-corrected chi connectivity index (χ4v) is 2.81. The lowest BCUT2D eigenvalue weighted by Gasteiger charge is -2.23. The number of anilines is 1. The molecule has 0 radical (unpaired) electrons. The van der Waals surface area contributed by atoms with Gasteiger partial charge in [-0.15, -0.1) is 0 Å². The normalized spacial score (nSPS) is 11.6. The molecule has 0 bridgehead atoms. The van der Waals surface area contributed by atoms with Crippen LogP contribution in [0, 0.1) is 5.92 Å². The molecule has 3 nitrogen and oxygen atoms in total. The summed E-state index contributed by atoms with van der Waals surface area (Å²) >= 11 is 5.50. The van der Waals surface area contributed by atoms with Gasteiger partial charge in [0.25, 0.3) is 0 Å². The van der Waals surface area contributed by atoms with Crippen LogP contribution in [0.5, 0.6) is 5.75 Å². The Balaban J connectivity index is 1.97. The van der Waals surface area contributed by atoms with Crippen molar-refractivity contribution >= 4 is 23.0 Å². The van der Waals surface area contributed by atoms with Crippen molar-refractivity contribution in [2.75, 3.05) is 11.9 Å². The number of benzene rings is 2. The maximum atomic E-state index is 5.50. The van der Waals surface area contributed by atoms with E-state index in [2.05, 4.69) is 55.3 Å². The number of hydrogen-bond donors (Lipinski definition) is 2. The predicted molar refractivity (Wildman–Crippen MR) is 110 cm³/mol. The van der Waals surface area contributed by atoms with Crippen molar-refractivity contribution in [2.24, 2.45) is 5.92 Å². The molecule has 2 aromatic rings. The fourth-order valence-electron chi connectivity index (χ4n) is 2.55. The van der Waals surface area contributed by atoms with Crippen LogP contribution < -0.4 is 15.4 Å². The van der Waals surface area contributed by atoms with Crippen molar-refractivity contribution in [2.45, 2.75) is 26.3 Å². The Morgan fingerprint density at radius 1 is 1.12 bits per heavy atom. The standard InChI is InChI=1S/C21H26N2OS/c1-4-14-24-19-12-10-18(11-13-19)22-21(25)23-20(15-16(2)3)17-8-6-5-7-9-17/h4-13,16,20H,1,14-15H2,2-3H3,(H2,22,23,25)/t20-/m1/s1. The second-order valence-corrected chi connectivity index (χ2v) is 6.72. The molecule has 0 aliphatic carbocycles. The average Bonchev–Trinajstić information content (AvgIpc) is 2.61. The van der Waals surface area contributed by atoms with Gasteiger partial charge < -0.3 is 15.4 Å². The SMILES string of the molecule is C=CCOc1ccc(NC(=S)N[C@H](CC(C)C)c2ccccc2)cc1. The summed E-state index contributed by atoms with van der Waals surface area (Å²) in [6.07, 6.45) is 2.74. The summed E-state index contributed by atoms with van der Waals surface area (Å²) in [4.78, 5) is 0. The highest BCUT2D eigenvalue weighted by molar-refractivity contribution is 7.80. The Bertz CT molecular complexity index is 668. The number of rotatable bonds is 8. The number of ether oxygens (including phenoxy) is 1. The largest absolute Gasteiger partial charge is 0.490 e. The van der Waals surface area contributed by atoms with E-state index in [4.69, 9.17) is 17.0 Å². The molecule has 0 amide bonds. The van der Waals surface area contributed by atoms with E-state index in [0.29, 0.717) is 17.6 Å². The van der Waals surface area contributed by atoms with Crippen molar-refractivity contribution in [1.82, 2.24) is 5.32 Å². The van der Waals surface area contributed by atoms with Gasteiger partial charge in [0.1, 0.15) is 12.4 Å². The molecule has 25 heavy (non-hydrogen) atoms. The Hall–Kier alpha value is -2.33. The van der Waals surface area contributed by atoms with Crippen LogP contribution in [0.2, 0.25) is 0 Å². The number of hydrogen-bond acceptors (Lipinski definition) is 2. The molecule has 2 rings (SSSR count). The van der Waals surface area contributed by atoms with Gasteiger partial charge in [-0.2, -0.15) is 0 Å². The molecule has 0 aliphatic heterocycles. The summed E-state index contributed by atoms with van der Waals surface area (Å²) in [7, 11) is 0. The molecule has 4 heteroatoms. The molecule has 0 saturated carbocycles. The van der Waals surface area contributed by atoms with Crippen LogP contribution in [0.15, 0.2) is 67.3 Å². The third-order valence-electron chi connectivity index (χ3n) is 3.69. The monoisotopic (exact) mass is 354 g/mol. The van der Waals surface area contributed by atoms with E-state index in [1.165, 1.54) is 5.56 Å². The van der Waals surface area contributed by atoms with E-state index in [1.807, 2.05) is 30.3 Å². The summed E-state index contributed by atoms with van der Waals surface area (Å²) in [5.74, 6) is 1.38. The van der Waals surface area contributed by atoms with Gasteiger partial charge in [0.2, 0.25) is 0 Å². The highest BCUT2D eigenvalue weighted by Crippen LogP contribution is 2.22. The van der Waals surface area contributed by atoms with Crippen LogP contribution in [0.25, 0.3) is 0 Å². The third kappa shape index (κ3) is 6.59. The summed E-state index contributed by atoms with van der Waals surface area (Å²) in [5.41, 5.74) is 2.17. The Morgan fingerprint density at radius 3 is 2.40 bits per heavy atom. The predicted octanol–water partition coefficient (Wildman–Crippen LogP) is 5.33. The minimum atomic E-state index is 0.191. The molecule has 0 aromatic heterocycles. The zero-order valence-corrected chi connectivity index (χ0v) is 15.7. The fraction of sp³-hybridized carbons (Fsp3) is 0.286. The molecular weight excluding hydrogens is 328 g/mol. The molecule has 0 unspecified atom stereocenters. The van der Waals surface area contributed by atoms with Crippen LogP contribution in [0.1, 0.15) is 31.9 Å². The average molecular weight is 355 g/mol. The van der Waals surface area contributed by atoms with Crippen molar-refractivity contribution in [1.29, 1.82) is 0 Å². The molecule has 2 N–H and O–H groups in total. The van der Waals surface area contributed by atoms with Gasteiger partial charge >= 0.3 is 0 Å². The first-order valence-electron chi connectivity index (χ1n) is 8.54. The van der Waals surface area contributed by atoms with Gasteiger partial charge in [-0.25, -0.2) is 0 Å². The minimum absolute atomic E-state index is 0.191.